The van der Waals surface area contributed by atoms with Gasteiger partial charge in [0, 0.05) is 10.7 Å². The minimum Gasteiger partial charge on any atom is -0.0931 e. The Kier molecular flexibility index (Phi) is 23.0. The molecule has 52 valence electrons. The first-order valence-corrected chi connectivity index (χ1v) is 5.19. The first-order chi connectivity index (χ1) is 3.83. The summed E-state index contributed by atoms with van der Waals surface area (Å²) in [7, 11) is 0. The molecule has 0 aliphatic carbocycles. The summed E-state index contributed by atoms with van der Waals surface area (Å²) in [6.45, 7) is 4.22. The highest BCUT2D eigenvalue weighted by Gasteiger charge is 1.69. The average molecular weight is 246 g/mol. The van der Waals surface area contributed by atoms with Gasteiger partial charge in [-0.1, -0.05) is 52.1 Å². The maximum absolute atomic E-state index is 3.31. The van der Waals surface area contributed by atoms with Crippen molar-refractivity contribution in [2.24, 2.45) is 0 Å². The van der Waals surface area contributed by atoms with Crippen LogP contribution in [0, 0.1) is 0 Å². The molecule has 0 radical (unpaired) electrons. The highest BCUT2D eigenvalue weighted by atomic mass is 79.9. The fourth-order valence-corrected chi connectivity index (χ4v) is 0.694. The molecule has 0 N–H and O–H groups in total. The first-order valence-electron chi connectivity index (χ1n) is 2.95. The monoisotopic (exact) mass is 244 g/mol. The minimum absolute atomic E-state index is 1.06. The quantitative estimate of drug-likeness (QED) is 0.653. The second-order valence-corrected chi connectivity index (χ2v) is 3.22. The van der Waals surface area contributed by atoms with Crippen LogP contribution in [0.5, 0.6) is 0 Å². The molecule has 0 aliphatic rings. The van der Waals surface area contributed by atoms with E-state index >= 15 is 0 Å². The number of hydrogen-bond donors (Lipinski definition) is 0. The molecular weight excluding hydrogens is 232 g/mol. The van der Waals surface area contributed by atoms with Crippen molar-refractivity contribution in [2.45, 2.75) is 26.7 Å². The normalized spacial score (nSPS) is 7.50. The molecule has 0 saturated heterocycles. The van der Waals surface area contributed by atoms with Crippen LogP contribution in [-0.2, 0) is 0 Å². The van der Waals surface area contributed by atoms with Gasteiger partial charge >= 0.3 is 0 Å². The van der Waals surface area contributed by atoms with E-state index in [2.05, 4.69) is 38.8 Å². The molecule has 0 bridgehead atoms. The van der Waals surface area contributed by atoms with Crippen LogP contribution < -0.4 is 0 Å². The summed E-state index contributed by atoms with van der Waals surface area (Å²) in [6, 6.07) is 0. The lowest BCUT2D eigenvalue weighted by Crippen LogP contribution is -1.64. The van der Waals surface area contributed by atoms with E-state index < -0.39 is 0 Å². The average Bonchev–Trinajstić information content (AvgIpc) is 1.71. The summed E-state index contributed by atoms with van der Waals surface area (Å²) in [4.78, 5) is 0. The molecule has 0 amide bonds. The molecule has 0 aromatic heterocycles. The van der Waals surface area contributed by atoms with Crippen molar-refractivity contribution in [2.75, 3.05) is 10.7 Å². The van der Waals surface area contributed by atoms with Crippen molar-refractivity contribution in [3.05, 3.63) is 0 Å². The fourth-order valence-electron chi connectivity index (χ4n) is 0.134. The molecule has 8 heavy (non-hydrogen) atoms. The molecule has 0 aliphatic heterocycles. The van der Waals surface area contributed by atoms with Crippen molar-refractivity contribution in [3.8, 4) is 0 Å². The van der Waals surface area contributed by atoms with Gasteiger partial charge in [-0.05, 0) is 6.42 Å². The molecule has 2 heteroatoms. The zero-order valence-electron chi connectivity index (χ0n) is 5.58. The molecule has 0 unspecified atom stereocenters. The molecular formula is C6H14Br2. The van der Waals surface area contributed by atoms with Gasteiger partial charge in [0.25, 0.3) is 0 Å². The second kappa shape index (κ2) is 15.7. The lowest BCUT2D eigenvalue weighted by molar-refractivity contribution is 0.902. The van der Waals surface area contributed by atoms with E-state index in [1.165, 1.54) is 12.8 Å². The van der Waals surface area contributed by atoms with Crippen LogP contribution in [0.15, 0.2) is 0 Å². The Labute approximate surface area is 69.3 Å². The van der Waals surface area contributed by atoms with E-state index in [4.69, 9.17) is 0 Å². The topological polar surface area (TPSA) is 0 Å². The molecule has 0 heterocycles. The molecule has 0 rings (SSSR count). The zero-order chi connectivity index (χ0) is 6.83. The highest BCUT2D eigenvalue weighted by molar-refractivity contribution is 9.09. The van der Waals surface area contributed by atoms with E-state index in [9.17, 15) is 0 Å². The van der Waals surface area contributed by atoms with Gasteiger partial charge in [0.2, 0.25) is 0 Å². The Balaban J connectivity index is 0. The summed E-state index contributed by atoms with van der Waals surface area (Å²) in [5.74, 6) is 0. The summed E-state index contributed by atoms with van der Waals surface area (Å²) in [5.41, 5.74) is 0. The van der Waals surface area contributed by atoms with Crippen LogP contribution in [0.25, 0.3) is 0 Å². The standard InChI is InChI=1S/C4H9Br.C2H5Br/c1-2-3-4-5;1-2-3/h2-4H2,1H3;2H2,1H3. The van der Waals surface area contributed by atoms with Crippen LogP contribution in [0.3, 0.4) is 0 Å². The number of halogens is 2. The summed E-state index contributed by atoms with van der Waals surface area (Å²) < 4.78 is 0. The van der Waals surface area contributed by atoms with Gasteiger partial charge in [-0.15, -0.1) is 0 Å². The van der Waals surface area contributed by atoms with E-state index in [1.54, 1.807) is 0 Å². The van der Waals surface area contributed by atoms with Gasteiger partial charge in [-0.2, -0.15) is 0 Å². The molecule has 0 saturated carbocycles. The fraction of sp³-hybridized carbons (Fsp3) is 1.00. The first kappa shape index (κ1) is 11.7. The summed E-state index contributed by atoms with van der Waals surface area (Å²) in [5, 5.41) is 2.22. The largest absolute Gasteiger partial charge is 0.0931 e. The second-order valence-electron chi connectivity index (χ2n) is 1.31. The Morgan fingerprint density at radius 3 is 1.50 bits per heavy atom. The number of alkyl halides is 2. The molecule has 0 fully saturated rings. The predicted molar refractivity (Wildman–Crippen MR) is 48.2 cm³/mol. The molecule has 0 aromatic carbocycles. The summed E-state index contributed by atoms with van der Waals surface area (Å²) in [6.07, 6.45) is 2.60. The van der Waals surface area contributed by atoms with Gasteiger partial charge in [-0.25, -0.2) is 0 Å². The maximum atomic E-state index is 3.31. The van der Waals surface area contributed by atoms with Crippen LogP contribution >= 0.6 is 31.9 Å². The van der Waals surface area contributed by atoms with Crippen LogP contribution in [-0.4, -0.2) is 10.7 Å². The van der Waals surface area contributed by atoms with Crippen LogP contribution in [0.4, 0.5) is 0 Å². The van der Waals surface area contributed by atoms with Gasteiger partial charge in [0.05, 0.1) is 0 Å². The maximum Gasteiger partial charge on any atom is 0.00312 e. The van der Waals surface area contributed by atoms with Crippen LogP contribution in [0.2, 0.25) is 0 Å². The minimum atomic E-state index is 1.06. The number of unbranched alkanes of at least 4 members (excludes halogenated alkanes) is 1. The lowest BCUT2D eigenvalue weighted by Gasteiger charge is -1.77. The highest BCUT2D eigenvalue weighted by Crippen LogP contribution is 1.89. The summed E-state index contributed by atoms with van der Waals surface area (Å²) >= 11 is 6.46. The van der Waals surface area contributed by atoms with E-state index in [0.29, 0.717) is 0 Å². The van der Waals surface area contributed by atoms with E-state index in [0.717, 1.165) is 10.7 Å². The number of hydrogen-bond acceptors (Lipinski definition) is 0. The van der Waals surface area contributed by atoms with Gasteiger partial charge < -0.3 is 0 Å². The van der Waals surface area contributed by atoms with Crippen molar-refractivity contribution in [1.82, 2.24) is 0 Å². The smallest absolute Gasteiger partial charge is 0.00312 e. The third-order valence-corrected chi connectivity index (χ3v) is 1.05. The SMILES string of the molecule is CCBr.CCCCBr. The lowest BCUT2D eigenvalue weighted by atomic mass is 10.4. The van der Waals surface area contributed by atoms with Gasteiger partial charge in [0.15, 0.2) is 0 Å². The van der Waals surface area contributed by atoms with Crippen molar-refractivity contribution in [1.29, 1.82) is 0 Å². The molecule has 0 atom stereocenters. The van der Waals surface area contributed by atoms with Crippen molar-refractivity contribution < 1.29 is 0 Å². The Bertz CT molecular complexity index is 20.5. The van der Waals surface area contributed by atoms with E-state index in [-0.39, 0.29) is 0 Å². The predicted octanol–water partition coefficient (Wildman–Crippen LogP) is 3.58. The molecule has 0 aromatic rings. The zero-order valence-corrected chi connectivity index (χ0v) is 8.76. The third-order valence-electron chi connectivity index (χ3n) is 0.487. The Hall–Kier alpha value is 0.960. The van der Waals surface area contributed by atoms with Crippen molar-refractivity contribution in [3.63, 3.8) is 0 Å². The van der Waals surface area contributed by atoms with Gasteiger partial charge in [-0.3, -0.25) is 0 Å². The Morgan fingerprint density at radius 1 is 1.12 bits per heavy atom. The molecule has 0 spiro atoms. The van der Waals surface area contributed by atoms with Crippen molar-refractivity contribution >= 4 is 31.9 Å². The van der Waals surface area contributed by atoms with Crippen LogP contribution in [0.1, 0.15) is 26.7 Å². The third kappa shape index (κ3) is 28.2. The van der Waals surface area contributed by atoms with Gasteiger partial charge in [0.1, 0.15) is 0 Å². The number of rotatable bonds is 2. The Morgan fingerprint density at radius 2 is 1.50 bits per heavy atom. The van der Waals surface area contributed by atoms with E-state index in [1.807, 2.05) is 6.92 Å². The molecule has 0 nitrogen and oxygen atoms in total.